The molecule has 5 rings (SSSR count). The number of thiophene rings is 1. The van der Waals surface area contributed by atoms with Gasteiger partial charge < -0.3 is 9.64 Å². The van der Waals surface area contributed by atoms with Crippen LogP contribution in [-0.4, -0.2) is 58.9 Å². The van der Waals surface area contributed by atoms with Gasteiger partial charge in [0.05, 0.1) is 5.39 Å². The van der Waals surface area contributed by atoms with E-state index in [9.17, 15) is 9.59 Å². The molecule has 0 saturated heterocycles. The van der Waals surface area contributed by atoms with Crippen LogP contribution in [0, 0.1) is 6.92 Å². The molecular formula is C25H28ClN5O3S. The van der Waals surface area contributed by atoms with Crippen LogP contribution in [0.15, 0.2) is 35.9 Å². The summed E-state index contributed by atoms with van der Waals surface area (Å²) in [6, 6.07) is 8.05. The zero-order valence-electron chi connectivity index (χ0n) is 20.1. The molecule has 0 unspecified atom stereocenters. The third-order valence-corrected chi connectivity index (χ3v) is 7.23. The topological polar surface area (TPSA) is 87.7 Å². The van der Waals surface area contributed by atoms with E-state index < -0.39 is 0 Å². The van der Waals surface area contributed by atoms with Crippen molar-refractivity contribution >= 4 is 51.6 Å². The Labute approximate surface area is 214 Å². The van der Waals surface area contributed by atoms with E-state index in [0.717, 1.165) is 62.2 Å². The maximum Gasteiger partial charge on any atom is 0.275 e. The third kappa shape index (κ3) is 5.03. The Morgan fingerprint density at radius 3 is 2.46 bits per heavy atom. The summed E-state index contributed by atoms with van der Waals surface area (Å²) in [6.45, 7) is 5.14. The molecule has 0 spiro atoms. The lowest BCUT2D eigenvalue weighted by molar-refractivity contribution is -0.135. The third-order valence-electron chi connectivity index (χ3n) is 5.99. The van der Waals surface area contributed by atoms with Crippen LogP contribution in [0.4, 0.5) is 5.82 Å². The fraction of sp³-hybridized carbons (Fsp3) is 0.360. The molecular weight excluding hydrogens is 486 g/mol. The number of likely N-dealkylation sites (N-methyl/N-ethyl adjacent to an activating group) is 1. The molecule has 0 bridgehead atoms. The van der Waals surface area contributed by atoms with Gasteiger partial charge in [-0.25, -0.2) is 9.97 Å². The number of hydrogen-bond donors (Lipinski definition) is 1. The van der Waals surface area contributed by atoms with E-state index in [1.165, 1.54) is 6.08 Å². The number of nitrogens with one attached hydrogen (secondary N) is 1. The van der Waals surface area contributed by atoms with Gasteiger partial charge in [-0.2, -0.15) is 5.01 Å². The molecule has 1 saturated carbocycles. The molecule has 3 heterocycles. The number of carbonyl (C=O) groups is 2. The van der Waals surface area contributed by atoms with Gasteiger partial charge in [0.1, 0.15) is 23.0 Å². The minimum atomic E-state index is -0.389. The molecule has 35 heavy (non-hydrogen) atoms. The number of amides is 2. The van der Waals surface area contributed by atoms with Crippen molar-refractivity contribution in [3.05, 3.63) is 47.3 Å². The summed E-state index contributed by atoms with van der Waals surface area (Å²) < 4.78 is 5.82. The van der Waals surface area contributed by atoms with E-state index in [4.69, 9.17) is 14.7 Å². The fourth-order valence-corrected chi connectivity index (χ4v) is 5.08. The second-order valence-corrected chi connectivity index (χ2v) is 10.0. The lowest BCUT2D eigenvalue weighted by Gasteiger charge is -2.17. The number of ether oxygens (including phenoxy) is 1. The van der Waals surface area contributed by atoms with Crippen molar-refractivity contribution < 1.29 is 14.3 Å². The molecule has 1 aliphatic carbocycles. The van der Waals surface area contributed by atoms with Gasteiger partial charge in [0.15, 0.2) is 5.82 Å². The highest BCUT2D eigenvalue weighted by atomic mass is 35.5. The Morgan fingerprint density at radius 1 is 1.14 bits per heavy atom. The number of aryl methyl sites for hydroxylation is 1. The summed E-state index contributed by atoms with van der Waals surface area (Å²) in [5, 5.41) is 1.87. The van der Waals surface area contributed by atoms with Crippen LogP contribution in [0.25, 0.3) is 20.7 Å². The number of halogens is 1. The zero-order chi connectivity index (χ0) is 24.0. The number of aromatic nitrogens is 2. The van der Waals surface area contributed by atoms with E-state index in [0.29, 0.717) is 23.9 Å². The average molecular weight is 514 g/mol. The normalized spacial score (nSPS) is 15.6. The minimum absolute atomic E-state index is 0. The molecule has 1 aliphatic heterocycles. The van der Waals surface area contributed by atoms with Gasteiger partial charge >= 0.3 is 0 Å². The quantitative estimate of drug-likeness (QED) is 0.442. The first-order valence-corrected chi connectivity index (χ1v) is 12.2. The predicted molar refractivity (Wildman–Crippen MR) is 140 cm³/mol. The molecule has 1 N–H and O–H groups in total. The van der Waals surface area contributed by atoms with Crippen molar-refractivity contribution in [2.45, 2.75) is 32.6 Å². The zero-order valence-corrected chi connectivity index (χ0v) is 21.8. The second-order valence-electron chi connectivity index (χ2n) is 9.04. The van der Waals surface area contributed by atoms with Crippen LogP contribution >= 0.6 is 23.7 Å². The Morgan fingerprint density at radius 2 is 1.86 bits per heavy atom. The Balaban J connectivity index is 0.00000289. The maximum absolute atomic E-state index is 12.5. The number of nitrogens with zero attached hydrogens (tertiary/aromatic N) is 4. The lowest BCUT2D eigenvalue weighted by atomic mass is 10.1. The van der Waals surface area contributed by atoms with Gasteiger partial charge in [-0.1, -0.05) is 0 Å². The Hall–Kier alpha value is -3.01. The molecule has 0 atom stereocenters. The average Bonchev–Trinajstić information content (AvgIpc) is 3.56. The highest BCUT2D eigenvalue weighted by Crippen LogP contribution is 2.44. The van der Waals surface area contributed by atoms with Gasteiger partial charge in [0, 0.05) is 29.0 Å². The number of fused-ring (bicyclic) bond motifs is 1. The smallest absolute Gasteiger partial charge is 0.275 e. The van der Waals surface area contributed by atoms with Gasteiger partial charge in [0.25, 0.3) is 11.8 Å². The molecule has 184 valence electrons. The largest absolute Gasteiger partial charge is 0.492 e. The first-order valence-electron chi connectivity index (χ1n) is 11.3. The predicted octanol–water partition coefficient (Wildman–Crippen LogP) is 4.55. The standard InChI is InChI=1S/C25H27N5O3S.ClH/c1-14-13-19(31)30(25(14)32)28-23-20-15(2)21(34-24(20)27-22(26-23)17-5-6-17)16-7-9-18(10-8-16)33-12-11-29(3)4;/h7-10,13,17H,5-6,11-12H2,1-4H3,(H,26,27,28);1H. The number of hydrazine groups is 1. The van der Waals surface area contributed by atoms with E-state index in [2.05, 4.69) is 10.3 Å². The number of carbonyl (C=O) groups excluding carboxylic acids is 2. The van der Waals surface area contributed by atoms with Crippen LogP contribution in [0.2, 0.25) is 0 Å². The summed E-state index contributed by atoms with van der Waals surface area (Å²) in [5.41, 5.74) is 5.47. The highest BCUT2D eigenvalue weighted by Gasteiger charge is 2.32. The van der Waals surface area contributed by atoms with Crippen LogP contribution in [-0.2, 0) is 9.59 Å². The molecule has 1 fully saturated rings. The van der Waals surface area contributed by atoms with Gasteiger partial charge in [-0.15, -0.1) is 23.7 Å². The number of benzene rings is 1. The fourth-order valence-electron chi connectivity index (χ4n) is 3.88. The lowest BCUT2D eigenvalue weighted by Crippen LogP contribution is -2.36. The van der Waals surface area contributed by atoms with Crippen LogP contribution in [0.5, 0.6) is 5.75 Å². The van der Waals surface area contributed by atoms with Crippen molar-refractivity contribution in [3.63, 3.8) is 0 Å². The van der Waals surface area contributed by atoms with E-state index in [1.807, 2.05) is 45.3 Å². The number of hydrogen-bond acceptors (Lipinski definition) is 8. The van der Waals surface area contributed by atoms with Gasteiger partial charge in [0.2, 0.25) is 0 Å². The monoisotopic (exact) mass is 513 g/mol. The second kappa shape index (κ2) is 9.93. The molecule has 2 aromatic heterocycles. The molecule has 2 aliphatic rings. The minimum Gasteiger partial charge on any atom is -0.492 e. The Kier molecular flexibility index (Phi) is 7.12. The Bertz CT molecular complexity index is 1310. The first-order chi connectivity index (χ1) is 16.3. The van der Waals surface area contributed by atoms with Gasteiger partial charge in [-0.05, 0) is 76.2 Å². The molecule has 8 nitrogen and oxygen atoms in total. The SMILES string of the molecule is CC1=CC(=O)N(Nc2nc(C3CC3)nc3sc(-c4ccc(OCCN(C)C)cc4)c(C)c23)C1=O.Cl. The summed E-state index contributed by atoms with van der Waals surface area (Å²) >= 11 is 1.60. The number of imide groups is 1. The van der Waals surface area contributed by atoms with Crippen LogP contribution in [0.3, 0.4) is 0 Å². The molecule has 3 aromatic rings. The summed E-state index contributed by atoms with van der Waals surface area (Å²) in [7, 11) is 4.04. The summed E-state index contributed by atoms with van der Waals surface area (Å²) in [4.78, 5) is 38.4. The van der Waals surface area contributed by atoms with Crippen molar-refractivity contribution in [3.8, 4) is 16.2 Å². The number of anilines is 1. The van der Waals surface area contributed by atoms with Crippen molar-refractivity contribution in [1.82, 2.24) is 19.9 Å². The van der Waals surface area contributed by atoms with E-state index >= 15 is 0 Å². The summed E-state index contributed by atoms with van der Waals surface area (Å²) in [5.74, 6) is 1.68. The maximum atomic E-state index is 12.5. The van der Waals surface area contributed by atoms with E-state index in [1.54, 1.807) is 18.3 Å². The van der Waals surface area contributed by atoms with Crippen molar-refractivity contribution in [2.24, 2.45) is 0 Å². The van der Waals surface area contributed by atoms with Crippen LogP contribution in [0.1, 0.15) is 37.1 Å². The summed E-state index contributed by atoms with van der Waals surface area (Å²) in [6.07, 6.45) is 3.45. The molecule has 2 amide bonds. The van der Waals surface area contributed by atoms with Crippen molar-refractivity contribution in [2.75, 3.05) is 32.7 Å². The van der Waals surface area contributed by atoms with E-state index in [-0.39, 0.29) is 24.2 Å². The van der Waals surface area contributed by atoms with Crippen LogP contribution < -0.4 is 10.2 Å². The highest BCUT2D eigenvalue weighted by molar-refractivity contribution is 7.22. The van der Waals surface area contributed by atoms with Gasteiger partial charge in [-0.3, -0.25) is 15.0 Å². The first kappa shape index (κ1) is 25.1. The van der Waals surface area contributed by atoms with Crippen molar-refractivity contribution in [1.29, 1.82) is 0 Å². The number of rotatable bonds is 8. The molecule has 0 radical (unpaired) electrons. The molecule has 1 aromatic carbocycles. The molecule has 10 heteroatoms.